The van der Waals surface area contributed by atoms with E-state index in [2.05, 4.69) is 5.32 Å². The normalized spacial score (nSPS) is 15.8. The van der Waals surface area contributed by atoms with Crippen LogP contribution in [0.1, 0.15) is 33.7 Å². The number of benzene rings is 1. The molecule has 0 spiro atoms. The second kappa shape index (κ2) is 5.48. The van der Waals surface area contributed by atoms with Gasteiger partial charge in [-0.2, -0.15) is 0 Å². The maximum Gasteiger partial charge on any atom is 0.289 e. The Hall–Kier alpha value is -2.30. The highest BCUT2D eigenvalue weighted by Crippen LogP contribution is 2.30. The smallest absolute Gasteiger partial charge is 0.289 e. The van der Waals surface area contributed by atoms with Crippen molar-refractivity contribution < 1.29 is 14.0 Å². The molecule has 0 saturated carbocycles. The zero-order valence-electron chi connectivity index (χ0n) is 13.2. The third-order valence-corrected chi connectivity index (χ3v) is 4.42. The number of carbonyl (C=O) groups is 2. The van der Waals surface area contributed by atoms with E-state index in [-0.39, 0.29) is 11.8 Å². The lowest BCUT2D eigenvalue weighted by Gasteiger charge is -2.18. The monoisotopic (exact) mass is 300 g/mol. The highest BCUT2D eigenvalue weighted by Gasteiger charge is 2.25. The molecule has 2 aromatic rings. The summed E-state index contributed by atoms with van der Waals surface area (Å²) in [6.45, 7) is 7.37. The van der Waals surface area contributed by atoms with Crippen molar-refractivity contribution in [2.24, 2.45) is 0 Å². The van der Waals surface area contributed by atoms with E-state index in [4.69, 9.17) is 4.42 Å². The first-order valence-electron chi connectivity index (χ1n) is 7.54. The maximum absolute atomic E-state index is 12.7. The Morgan fingerprint density at radius 2 is 1.95 bits per heavy atom. The van der Waals surface area contributed by atoms with E-state index in [9.17, 15) is 9.59 Å². The Bertz CT molecular complexity index is 761. The number of aryl methyl sites for hydroxylation is 3. The third kappa shape index (κ3) is 2.36. The number of hydrogen-bond acceptors (Lipinski definition) is 3. The number of fused-ring (bicyclic) bond motifs is 1. The van der Waals surface area contributed by atoms with Gasteiger partial charge >= 0.3 is 0 Å². The van der Waals surface area contributed by atoms with Crippen LogP contribution in [-0.4, -0.2) is 36.3 Å². The number of nitrogens with one attached hydrogen (secondary N) is 1. The highest BCUT2D eigenvalue weighted by molar-refractivity contribution is 6.00. The average molecular weight is 300 g/mol. The second-order valence-electron chi connectivity index (χ2n) is 5.83. The molecule has 0 unspecified atom stereocenters. The van der Waals surface area contributed by atoms with E-state index in [1.54, 1.807) is 4.90 Å². The molecule has 0 atom stereocenters. The van der Waals surface area contributed by atoms with E-state index in [0.29, 0.717) is 31.8 Å². The van der Waals surface area contributed by atoms with Gasteiger partial charge in [0.2, 0.25) is 5.91 Å². The molecule has 1 aliphatic rings. The molecule has 116 valence electrons. The fraction of sp³-hybridized carbons (Fsp3) is 0.412. The molecule has 1 aliphatic heterocycles. The van der Waals surface area contributed by atoms with Crippen molar-refractivity contribution in [1.29, 1.82) is 0 Å². The molecular weight excluding hydrogens is 280 g/mol. The quantitative estimate of drug-likeness (QED) is 0.879. The molecule has 1 aromatic heterocycles. The van der Waals surface area contributed by atoms with E-state index < -0.39 is 0 Å². The lowest BCUT2D eigenvalue weighted by molar-refractivity contribution is -0.120. The van der Waals surface area contributed by atoms with Crippen LogP contribution in [0.4, 0.5) is 0 Å². The van der Waals surface area contributed by atoms with Crippen molar-refractivity contribution >= 4 is 22.8 Å². The fourth-order valence-corrected chi connectivity index (χ4v) is 2.84. The number of rotatable bonds is 1. The highest BCUT2D eigenvalue weighted by atomic mass is 16.3. The summed E-state index contributed by atoms with van der Waals surface area (Å²) in [6.07, 6.45) is 0.336. The molecule has 1 aromatic carbocycles. The number of amides is 2. The molecule has 1 fully saturated rings. The van der Waals surface area contributed by atoms with Gasteiger partial charge in [-0.15, -0.1) is 0 Å². The summed E-state index contributed by atoms with van der Waals surface area (Å²) >= 11 is 0. The van der Waals surface area contributed by atoms with Gasteiger partial charge in [0.25, 0.3) is 5.91 Å². The minimum absolute atomic E-state index is 0.0110. The first-order chi connectivity index (χ1) is 10.5. The van der Waals surface area contributed by atoms with Crippen molar-refractivity contribution in [1.82, 2.24) is 10.2 Å². The number of hydrogen-bond donors (Lipinski definition) is 1. The lowest BCUT2D eigenvalue weighted by Crippen LogP contribution is -2.34. The summed E-state index contributed by atoms with van der Waals surface area (Å²) in [5, 5.41) is 3.76. The van der Waals surface area contributed by atoms with Gasteiger partial charge in [0.15, 0.2) is 5.76 Å². The van der Waals surface area contributed by atoms with E-state index in [1.807, 2.05) is 32.9 Å². The Labute approximate surface area is 129 Å². The predicted molar refractivity (Wildman–Crippen MR) is 84.0 cm³/mol. The summed E-state index contributed by atoms with van der Waals surface area (Å²) < 4.78 is 5.90. The van der Waals surface area contributed by atoms with Crippen LogP contribution in [0.5, 0.6) is 0 Å². The Kier molecular flexibility index (Phi) is 3.64. The van der Waals surface area contributed by atoms with Crippen LogP contribution in [0.15, 0.2) is 16.5 Å². The molecule has 2 amide bonds. The Morgan fingerprint density at radius 3 is 2.73 bits per heavy atom. The zero-order chi connectivity index (χ0) is 15.9. The van der Waals surface area contributed by atoms with Gasteiger partial charge in [0, 0.05) is 37.0 Å². The van der Waals surface area contributed by atoms with Crippen molar-refractivity contribution in [2.45, 2.75) is 27.2 Å². The lowest BCUT2D eigenvalue weighted by atomic mass is 10.0. The van der Waals surface area contributed by atoms with Gasteiger partial charge in [-0.05, 0) is 31.9 Å². The molecule has 5 nitrogen and oxygen atoms in total. The Morgan fingerprint density at radius 1 is 1.18 bits per heavy atom. The van der Waals surface area contributed by atoms with Gasteiger partial charge in [-0.1, -0.05) is 12.1 Å². The molecule has 22 heavy (non-hydrogen) atoms. The van der Waals surface area contributed by atoms with E-state index >= 15 is 0 Å². The van der Waals surface area contributed by atoms with Crippen molar-refractivity contribution in [3.8, 4) is 0 Å². The summed E-state index contributed by atoms with van der Waals surface area (Å²) in [5.41, 5.74) is 3.86. The second-order valence-corrected chi connectivity index (χ2v) is 5.83. The topological polar surface area (TPSA) is 62.6 Å². The summed E-state index contributed by atoms with van der Waals surface area (Å²) in [6, 6.07) is 4.05. The van der Waals surface area contributed by atoms with E-state index in [0.717, 1.165) is 27.7 Å². The van der Waals surface area contributed by atoms with Crippen molar-refractivity contribution in [3.63, 3.8) is 0 Å². The van der Waals surface area contributed by atoms with Gasteiger partial charge in [-0.3, -0.25) is 9.59 Å². The minimum atomic E-state index is -0.137. The molecule has 1 saturated heterocycles. The average Bonchev–Trinajstić information content (AvgIpc) is 2.68. The van der Waals surface area contributed by atoms with Crippen molar-refractivity contribution in [3.05, 3.63) is 34.6 Å². The first kappa shape index (κ1) is 14.6. The minimum Gasteiger partial charge on any atom is -0.450 e. The molecular formula is C17H20N2O3. The molecule has 5 heteroatoms. The van der Waals surface area contributed by atoms with Crippen LogP contribution in [0.2, 0.25) is 0 Å². The standard InChI is InChI=1S/C17H20N2O3/c1-10-4-5-13-12(3)16(22-15(13)11(10)2)17(21)19-8-6-14(20)18-7-9-19/h4-5H,6-9H2,1-3H3,(H,18,20). The van der Waals surface area contributed by atoms with Crippen LogP contribution in [0, 0.1) is 20.8 Å². The van der Waals surface area contributed by atoms with Crippen LogP contribution in [-0.2, 0) is 4.79 Å². The summed E-state index contributed by atoms with van der Waals surface area (Å²) in [5.74, 6) is 0.239. The third-order valence-electron chi connectivity index (χ3n) is 4.42. The Balaban J connectivity index is 1.99. The zero-order valence-corrected chi connectivity index (χ0v) is 13.2. The molecule has 2 heterocycles. The van der Waals surface area contributed by atoms with Gasteiger partial charge < -0.3 is 14.6 Å². The summed E-state index contributed by atoms with van der Waals surface area (Å²) in [7, 11) is 0. The van der Waals surface area contributed by atoms with Gasteiger partial charge in [0.05, 0.1) is 0 Å². The largest absolute Gasteiger partial charge is 0.450 e. The van der Waals surface area contributed by atoms with Crippen molar-refractivity contribution in [2.75, 3.05) is 19.6 Å². The number of furan rings is 1. The SMILES string of the molecule is Cc1ccc2c(C)c(C(=O)N3CCNC(=O)CC3)oc2c1C. The van der Waals surface area contributed by atoms with Gasteiger partial charge in [-0.25, -0.2) is 0 Å². The molecule has 0 bridgehead atoms. The summed E-state index contributed by atoms with van der Waals surface area (Å²) in [4.78, 5) is 25.8. The predicted octanol–water partition coefficient (Wildman–Crippen LogP) is 2.32. The molecule has 0 aliphatic carbocycles. The van der Waals surface area contributed by atoms with Crippen LogP contribution in [0.25, 0.3) is 11.0 Å². The first-order valence-corrected chi connectivity index (χ1v) is 7.54. The molecule has 0 radical (unpaired) electrons. The van der Waals surface area contributed by atoms with Gasteiger partial charge in [0.1, 0.15) is 5.58 Å². The number of carbonyl (C=O) groups excluding carboxylic acids is 2. The molecule has 3 rings (SSSR count). The van der Waals surface area contributed by atoms with Crippen LogP contribution < -0.4 is 5.32 Å². The maximum atomic E-state index is 12.7. The fourth-order valence-electron chi connectivity index (χ4n) is 2.84. The van der Waals surface area contributed by atoms with E-state index in [1.165, 1.54) is 0 Å². The number of nitrogens with zero attached hydrogens (tertiary/aromatic N) is 1. The van der Waals surface area contributed by atoms with Crippen LogP contribution >= 0.6 is 0 Å². The van der Waals surface area contributed by atoms with Crippen LogP contribution in [0.3, 0.4) is 0 Å². The molecule has 1 N–H and O–H groups in total.